The Bertz CT molecular complexity index is 417. The van der Waals surface area contributed by atoms with E-state index in [-0.39, 0.29) is 29.8 Å². The summed E-state index contributed by atoms with van der Waals surface area (Å²) in [6, 6.07) is 0. The molecule has 0 aromatic heterocycles. The SMILES string of the molecule is CCCC1(CO)CCCN(C(=O)CN2CCC(C(N)=O)CC2)C1. The second-order valence-corrected chi connectivity index (χ2v) is 7.28. The highest BCUT2D eigenvalue weighted by atomic mass is 16.3. The normalized spacial score (nSPS) is 27.1. The summed E-state index contributed by atoms with van der Waals surface area (Å²) >= 11 is 0. The number of nitrogens with zero attached hydrogens (tertiary/aromatic N) is 2. The summed E-state index contributed by atoms with van der Waals surface area (Å²) in [6.45, 7) is 5.69. The van der Waals surface area contributed by atoms with Crippen molar-refractivity contribution in [1.82, 2.24) is 9.80 Å². The first kappa shape index (κ1) is 18.2. The van der Waals surface area contributed by atoms with Crippen LogP contribution in [0.5, 0.6) is 0 Å². The number of carbonyl (C=O) groups excluding carboxylic acids is 2. The Morgan fingerprint density at radius 2 is 1.96 bits per heavy atom. The van der Waals surface area contributed by atoms with Gasteiger partial charge in [0.2, 0.25) is 11.8 Å². The van der Waals surface area contributed by atoms with Gasteiger partial charge in [0.05, 0.1) is 13.2 Å². The summed E-state index contributed by atoms with van der Waals surface area (Å²) in [5, 5.41) is 9.78. The molecule has 0 spiro atoms. The number of aliphatic hydroxyl groups is 1. The van der Waals surface area contributed by atoms with E-state index >= 15 is 0 Å². The fourth-order valence-electron chi connectivity index (χ4n) is 4.03. The Kier molecular flexibility index (Phi) is 6.41. The van der Waals surface area contributed by atoms with Crippen molar-refractivity contribution in [3.8, 4) is 0 Å². The Morgan fingerprint density at radius 3 is 2.52 bits per heavy atom. The van der Waals surface area contributed by atoms with Crippen LogP contribution >= 0.6 is 0 Å². The minimum absolute atomic E-state index is 0.0390. The maximum atomic E-state index is 12.6. The summed E-state index contributed by atoms with van der Waals surface area (Å²) < 4.78 is 0. The third-order valence-corrected chi connectivity index (χ3v) is 5.48. The number of hydrogen-bond donors (Lipinski definition) is 2. The van der Waals surface area contributed by atoms with Gasteiger partial charge >= 0.3 is 0 Å². The number of piperidine rings is 2. The van der Waals surface area contributed by atoms with Crippen molar-refractivity contribution < 1.29 is 14.7 Å². The molecule has 3 N–H and O–H groups in total. The third-order valence-electron chi connectivity index (χ3n) is 5.48. The molecule has 1 unspecified atom stereocenters. The van der Waals surface area contributed by atoms with Crippen molar-refractivity contribution in [2.45, 2.75) is 45.4 Å². The molecule has 23 heavy (non-hydrogen) atoms. The zero-order valence-corrected chi connectivity index (χ0v) is 14.3. The third kappa shape index (κ3) is 4.67. The molecular formula is C17H31N3O3. The molecule has 0 bridgehead atoms. The molecule has 0 saturated carbocycles. The van der Waals surface area contributed by atoms with Gasteiger partial charge in [0.1, 0.15) is 0 Å². The zero-order chi connectivity index (χ0) is 16.9. The quantitative estimate of drug-likeness (QED) is 0.748. The fraction of sp³-hybridized carbons (Fsp3) is 0.882. The van der Waals surface area contributed by atoms with Gasteiger partial charge in [-0.3, -0.25) is 14.5 Å². The Balaban J connectivity index is 1.85. The molecule has 1 atom stereocenters. The van der Waals surface area contributed by atoms with Crippen molar-refractivity contribution in [1.29, 1.82) is 0 Å². The van der Waals surface area contributed by atoms with E-state index in [9.17, 15) is 14.7 Å². The van der Waals surface area contributed by atoms with E-state index in [2.05, 4.69) is 11.8 Å². The monoisotopic (exact) mass is 325 g/mol. The number of aliphatic hydroxyl groups excluding tert-OH is 1. The Hall–Kier alpha value is -1.14. The van der Waals surface area contributed by atoms with Crippen molar-refractivity contribution in [2.75, 3.05) is 39.3 Å². The molecule has 2 aliphatic rings. The predicted molar refractivity (Wildman–Crippen MR) is 88.6 cm³/mol. The molecule has 132 valence electrons. The topological polar surface area (TPSA) is 86.9 Å². The van der Waals surface area contributed by atoms with Gasteiger partial charge in [0, 0.05) is 24.4 Å². The lowest BCUT2D eigenvalue weighted by atomic mass is 9.77. The van der Waals surface area contributed by atoms with Crippen molar-refractivity contribution in [2.24, 2.45) is 17.1 Å². The number of nitrogens with two attached hydrogens (primary N) is 1. The fourth-order valence-corrected chi connectivity index (χ4v) is 4.03. The lowest BCUT2D eigenvalue weighted by molar-refractivity contribution is -0.137. The maximum Gasteiger partial charge on any atom is 0.236 e. The lowest BCUT2D eigenvalue weighted by Gasteiger charge is -2.42. The van der Waals surface area contributed by atoms with E-state index in [4.69, 9.17) is 5.73 Å². The molecule has 2 aliphatic heterocycles. The van der Waals surface area contributed by atoms with Gasteiger partial charge in [-0.1, -0.05) is 13.3 Å². The molecule has 6 heteroatoms. The largest absolute Gasteiger partial charge is 0.396 e. The Morgan fingerprint density at radius 1 is 1.26 bits per heavy atom. The molecule has 2 rings (SSSR count). The number of primary amides is 1. The molecule has 2 fully saturated rings. The molecule has 0 aromatic carbocycles. The summed E-state index contributed by atoms with van der Waals surface area (Å²) in [5.74, 6) is -0.113. The van der Waals surface area contributed by atoms with Crippen molar-refractivity contribution in [3.05, 3.63) is 0 Å². The molecule has 0 aliphatic carbocycles. The minimum Gasteiger partial charge on any atom is -0.396 e. The highest BCUT2D eigenvalue weighted by Crippen LogP contribution is 2.34. The van der Waals surface area contributed by atoms with Crippen LogP contribution in [0.1, 0.15) is 45.4 Å². The average Bonchev–Trinajstić information content (AvgIpc) is 2.56. The van der Waals surface area contributed by atoms with E-state index in [1.165, 1.54) is 0 Å². The second kappa shape index (κ2) is 8.11. The molecule has 0 radical (unpaired) electrons. The maximum absolute atomic E-state index is 12.6. The van der Waals surface area contributed by atoms with Gasteiger partial charge in [0.15, 0.2) is 0 Å². The number of amides is 2. The van der Waals surface area contributed by atoms with Gasteiger partial charge in [-0.25, -0.2) is 0 Å². The second-order valence-electron chi connectivity index (χ2n) is 7.28. The van der Waals surface area contributed by atoms with Crippen LogP contribution in [-0.2, 0) is 9.59 Å². The van der Waals surface area contributed by atoms with Crippen LogP contribution in [0.25, 0.3) is 0 Å². The van der Waals surface area contributed by atoms with E-state index in [0.717, 1.165) is 58.2 Å². The lowest BCUT2D eigenvalue weighted by Crippen LogP contribution is -2.51. The number of rotatable bonds is 6. The van der Waals surface area contributed by atoms with Crippen LogP contribution in [-0.4, -0.2) is 66.1 Å². The highest BCUT2D eigenvalue weighted by Gasteiger charge is 2.36. The van der Waals surface area contributed by atoms with Gasteiger partial charge in [0.25, 0.3) is 0 Å². The van der Waals surface area contributed by atoms with Gasteiger partial charge in [-0.15, -0.1) is 0 Å². The van der Waals surface area contributed by atoms with E-state index in [1.54, 1.807) is 0 Å². The Labute approximate surface area is 139 Å². The minimum atomic E-state index is -0.223. The van der Waals surface area contributed by atoms with Gasteiger partial charge in [-0.05, 0) is 45.2 Å². The summed E-state index contributed by atoms with van der Waals surface area (Å²) in [5.41, 5.74) is 5.24. The number of hydrogen-bond acceptors (Lipinski definition) is 4. The van der Waals surface area contributed by atoms with E-state index in [0.29, 0.717) is 13.1 Å². The predicted octanol–water partition coefficient (Wildman–Crippen LogP) is 0.585. The first-order chi connectivity index (χ1) is 11.0. The van der Waals surface area contributed by atoms with E-state index in [1.807, 2.05) is 4.90 Å². The number of carbonyl (C=O) groups is 2. The smallest absolute Gasteiger partial charge is 0.236 e. The summed E-state index contributed by atoms with van der Waals surface area (Å²) in [4.78, 5) is 27.9. The van der Waals surface area contributed by atoms with E-state index < -0.39 is 0 Å². The van der Waals surface area contributed by atoms with Crippen LogP contribution in [0.3, 0.4) is 0 Å². The van der Waals surface area contributed by atoms with Gasteiger partial charge < -0.3 is 15.7 Å². The van der Waals surface area contributed by atoms with Crippen LogP contribution in [0.4, 0.5) is 0 Å². The average molecular weight is 325 g/mol. The van der Waals surface area contributed by atoms with Crippen LogP contribution in [0.2, 0.25) is 0 Å². The first-order valence-electron chi connectivity index (χ1n) is 8.90. The summed E-state index contributed by atoms with van der Waals surface area (Å²) in [7, 11) is 0. The van der Waals surface area contributed by atoms with Crippen LogP contribution < -0.4 is 5.73 Å². The molecule has 2 heterocycles. The highest BCUT2D eigenvalue weighted by molar-refractivity contribution is 5.79. The standard InChI is InChI=1S/C17H31N3O3/c1-2-6-17(13-21)7-3-8-20(12-17)15(22)11-19-9-4-14(5-10-19)16(18)23/h14,21H,2-13H2,1H3,(H2,18,23). The molecular weight excluding hydrogens is 294 g/mol. The van der Waals surface area contributed by atoms with Crippen LogP contribution in [0, 0.1) is 11.3 Å². The van der Waals surface area contributed by atoms with Crippen molar-refractivity contribution in [3.63, 3.8) is 0 Å². The molecule has 6 nitrogen and oxygen atoms in total. The zero-order valence-electron chi connectivity index (χ0n) is 14.3. The summed E-state index contributed by atoms with van der Waals surface area (Å²) in [6.07, 6.45) is 5.47. The van der Waals surface area contributed by atoms with Crippen LogP contribution in [0.15, 0.2) is 0 Å². The molecule has 2 saturated heterocycles. The van der Waals surface area contributed by atoms with Crippen molar-refractivity contribution >= 4 is 11.8 Å². The first-order valence-corrected chi connectivity index (χ1v) is 8.90. The molecule has 2 amide bonds. The number of likely N-dealkylation sites (tertiary alicyclic amines) is 2. The van der Waals surface area contributed by atoms with Gasteiger partial charge in [-0.2, -0.15) is 0 Å². The molecule has 0 aromatic rings.